The summed E-state index contributed by atoms with van der Waals surface area (Å²) in [4.78, 5) is 11.4. The fourth-order valence-electron chi connectivity index (χ4n) is 1.44. The van der Waals surface area contributed by atoms with E-state index in [1.165, 1.54) is 18.2 Å². The Morgan fingerprint density at radius 1 is 1.56 bits per heavy atom. The van der Waals surface area contributed by atoms with Crippen LogP contribution in [0.25, 0.3) is 11.0 Å². The number of carbonyl (C=O) groups is 1. The van der Waals surface area contributed by atoms with E-state index < -0.39 is 11.8 Å². The minimum atomic E-state index is -0.642. The first-order chi connectivity index (χ1) is 7.63. The van der Waals surface area contributed by atoms with E-state index in [0.717, 1.165) is 0 Å². The van der Waals surface area contributed by atoms with Crippen molar-refractivity contribution in [2.45, 2.75) is 6.92 Å². The summed E-state index contributed by atoms with van der Waals surface area (Å²) in [7, 11) is 0. The van der Waals surface area contributed by atoms with E-state index in [1.54, 1.807) is 6.92 Å². The Kier molecular flexibility index (Phi) is 2.52. The lowest BCUT2D eigenvalue weighted by Crippen LogP contribution is -2.05. The number of hydrogen-bond donors (Lipinski definition) is 1. The van der Waals surface area contributed by atoms with Crippen LogP contribution < -0.4 is 5.73 Å². The van der Waals surface area contributed by atoms with Gasteiger partial charge in [0.2, 0.25) is 5.76 Å². The molecular formula is C11H10FNO3. The van der Waals surface area contributed by atoms with Crippen LogP contribution in [0.1, 0.15) is 17.5 Å². The van der Waals surface area contributed by atoms with E-state index in [9.17, 15) is 9.18 Å². The highest BCUT2D eigenvalue weighted by molar-refractivity contribution is 6.03. The summed E-state index contributed by atoms with van der Waals surface area (Å²) >= 11 is 0. The molecule has 0 aliphatic carbocycles. The maximum Gasteiger partial charge on any atom is 0.376 e. The molecule has 0 radical (unpaired) electrons. The van der Waals surface area contributed by atoms with E-state index in [0.29, 0.717) is 11.0 Å². The number of benzene rings is 1. The molecule has 0 saturated heterocycles. The first-order valence-electron chi connectivity index (χ1n) is 4.78. The minimum absolute atomic E-state index is 0.0811. The summed E-state index contributed by atoms with van der Waals surface area (Å²) in [5.41, 5.74) is 6.15. The van der Waals surface area contributed by atoms with Crippen LogP contribution in [0.5, 0.6) is 0 Å². The number of furan rings is 1. The van der Waals surface area contributed by atoms with Gasteiger partial charge < -0.3 is 14.9 Å². The summed E-state index contributed by atoms with van der Waals surface area (Å²) < 4.78 is 22.9. The second kappa shape index (κ2) is 3.84. The minimum Gasteiger partial charge on any atom is -0.460 e. The molecule has 0 spiro atoms. The fraction of sp³-hybridized carbons (Fsp3) is 0.182. The molecule has 0 fully saturated rings. The van der Waals surface area contributed by atoms with Gasteiger partial charge in [-0.3, -0.25) is 0 Å². The maximum atomic E-state index is 13.0. The van der Waals surface area contributed by atoms with Gasteiger partial charge in [0.25, 0.3) is 0 Å². The summed E-state index contributed by atoms with van der Waals surface area (Å²) in [6.45, 7) is 1.90. The molecule has 16 heavy (non-hydrogen) atoms. The number of anilines is 1. The van der Waals surface area contributed by atoms with Crippen LogP contribution in [-0.4, -0.2) is 12.6 Å². The number of nitrogen functional groups attached to an aromatic ring is 1. The molecule has 2 rings (SSSR count). The number of carbonyl (C=O) groups excluding carboxylic acids is 1. The van der Waals surface area contributed by atoms with Crippen molar-refractivity contribution in [2.24, 2.45) is 0 Å². The topological polar surface area (TPSA) is 65.5 Å². The molecule has 0 aliphatic heterocycles. The lowest BCUT2D eigenvalue weighted by molar-refractivity contribution is 0.0494. The molecule has 0 atom stereocenters. The van der Waals surface area contributed by atoms with Crippen molar-refractivity contribution in [1.29, 1.82) is 0 Å². The lowest BCUT2D eigenvalue weighted by atomic mass is 10.2. The van der Waals surface area contributed by atoms with Crippen molar-refractivity contribution < 1.29 is 18.3 Å². The molecule has 2 N–H and O–H groups in total. The Morgan fingerprint density at radius 3 is 3.00 bits per heavy atom. The van der Waals surface area contributed by atoms with Gasteiger partial charge in [0.15, 0.2) is 0 Å². The number of rotatable bonds is 2. The molecule has 4 nitrogen and oxygen atoms in total. The summed E-state index contributed by atoms with van der Waals surface area (Å²) in [6.07, 6.45) is 0. The van der Waals surface area contributed by atoms with Crippen molar-refractivity contribution in [3.63, 3.8) is 0 Å². The zero-order valence-electron chi connectivity index (χ0n) is 8.62. The summed E-state index contributed by atoms with van der Waals surface area (Å²) in [6, 6.07) is 3.88. The third kappa shape index (κ3) is 1.60. The number of fused-ring (bicyclic) bond motifs is 1. The third-order valence-electron chi connectivity index (χ3n) is 2.15. The van der Waals surface area contributed by atoms with Crippen LogP contribution in [0.3, 0.4) is 0 Å². The molecule has 2 aromatic rings. The van der Waals surface area contributed by atoms with Crippen LogP contribution in [0, 0.1) is 5.82 Å². The van der Waals surface area contributed by atoms with Crippen LogP contribution >= 0.6 is 0 Å². The van der Waals surface area contributed by atoms with E-state index in [-0.39, 0.29) is 18.1 Å². The van der Waals surface area contributed by atoms with Crippen LogP contribution in [-0.2, 0) is 4.74 Å². The Hall–Kier alpha value is -2.04. The Labute approximate surface area is 90.8 Å². The number of ether oxygens (including phenoxy) is 1. The number of halogens is 1. The molecule has 0 saturated carbocycles. The van der Waals surface area contributed by atoms with E-state index >= 15 is 0 Å². The largest absolute Gasteiger partial charge is 0.460 e. The first kappa shape index (κ1) is 10.5. The van der Waals surface area contributed by atoms with Gasteiger partial charge in [0.1, 0.15) is 11.4 Å². The van der Waals surface area contributed by atoms with Gasteiger partial charge in [0.05, 0.1) is 12.3 Å². The maximum absolute atomic E-state index is 13.0. The third-order valence-corrected chi connectivity index (χ3v) is 2.15. The Balaban J connectivity index is 2.56. The smallest absolute Gasteiger partial charge is 0.376 e. The number of nitrogens with two attached hydrogens (primary N) is 1. The van der Waals surface area contributed by atoms with Crippen LogP contribution in [0.15, 0.2) is 22.6 Å². The number of esters is 1. The first-order valence-corrected chi connectivity index (χ1v) is 4.78. The SMILES string of the molecule is CCOC(=O)c1oc2ccc(F)cc2c1N. The molecular weight excluding hydrogens is 213 g/mol. The molecule has 0 aliphatic rings. The van der Waals surface area contributed by atoms with Gasteiger partial charge in [-0.15, -0.1) is 0 Å². The highest BCUT2D eigenvalue weighted by Gasteiger charge is 2.19. The fourth-order valence-corrected chi connectivity index (χ4v) is 1.44. The highest BCUT2D eigenvalue weighted by atomic mass is 19.1. The van der Waals surface area contributed by atoms with E-state index in [1.807, 2.05) is 0 Å². The van der Waals surface area contributed by atoms with Gasteiger partial charge in [-0.25, -0.2) is 9.18 Å². The average Bonchev–Trinajstić information content (AvgIpc) is 2.57. The van der Waals surface area contributed by atoms with Crippen molar-refractivity contribution in [1.82, 2.24) is 0 Å². The van der Waals surface area contributed by atoms with Crippen molar-refractivity contribution >= 4 is 22.6 Å². The van der Waals surface area contributed by atoms with Crippen molar-refractivity contribution in [3.05, 3.63) is 29.8 Å². The average molecular weight is 223 g/mol. The highest BCUT2D eigenvalue weighted by Crippen LogP contribution is 2.29. The van der Waals surface area contributed by atoms with E-state index in [4.69, 9.17) is 14.9 Å². The predicted molar refractivity (Wildman–Crippen MR) is 56.5 cm³/mol. The molecule has 5 heteroatoms. The van der Waals surface area contributed by atoms with E-state index in [2.05, 4.69) is 0 Å². The molecule has 1 aromatic carbocycles. The van der Waals surface area contributed by atoms with Gasteiger partial charge in [-0.2, -0.15) is 0 Å². The van der Waals surface area contributed by atoms with Crippen molar-refractivity contribution in [3.8, 4) is 0 Å². The second-order valence-electron chi connectivity index (χ2n) is 3.21. The van der Waals surface area contributed by atoms with Gasteiger partial charge in [-0.1, -0.05) is 0 Å². The second-order valence-corrected chi connectivity index (χ2v) is 3.21. The molecule has 0 unspecified atom stereocenters. The molecule has 0 bridgehead atoms. The quantitative estimate of drug-likeness (QED) is 0.793. The summed E-state index contributed by atoms with van der Waals surface area (Å²) in [5, 5.41) is 0.378. The normalized spacial score (nSPS) is 10.6. The van der Waals surface area contributed by atoms with Crippen molar-refractivity contribution in [2.75, 3.05) is 12.3 Å². The Morgan fingerprint density at radius 2 is 2.31 bits per heavy atom. The van der Waals surface area contributed by atoms with Gasteiger partial charge >= 0.3 is 5.97 Å². The zero-order chi connectivity index (χ0) is 11.7. The number of hydrogen-bond acceptors (Lipinski definition) is 4. The molecule has 1 heterocycles. The van der Waals surface area contributed by atoms with Crippen LogP contribution in [0.2, 0.25) is 0 Å². The monoisotopic (exact) mass is 223 g/mol. The molecule has 0 amide bonds. The predicted octanol–water partition coefficient (Wildman–Crippen LogP) is 2.33. The standard InChI is InChI=1S/C11H10FNO3/c1-2-15-11(14)10-9(13)7-5-6(12)3-4-8(7)16-10/h3-5H,2,13H2,1H3. The molecule has 84 valence electrons. The zero-order valence-corrected chi connectivity index (χ0v) is 8.62. The lowest BCUT2D eigenvalue weighted by Gasteiger charge is -1.97. The van der Waals surface area contributed by atoms with Gasteiger partial charge in [-0.05, 0) is 25.1 Å². The van der Waals surface area contributed by atoms with Gasteiger partial charge in [0, 0.05) is 5.39 Å². The molecule has 1 aromatic heterocycles. The summed E-state index contributed by atoms with van der Waals surface area (Å²) in [5.74, 6) is -1.16. The van der Waals surface area contributed by atoms with Crippen LogP contribution in [0.4, 0.5) is 10.1 Å². The Bertz CT molecular complexity index is 547.